The zero-order valence-electron chi connectivity index (χ0n) is 20.8. The van der Waals surface area contributed by atoms with Crippen LogP contribution in [0.1, 0.15) is 91.4 Å². The monoisotopic (exact) mass is 483 g/mol. The predicted octanol–water partition coefficient (Wildman–Crippen LogP) is 4.43. The van der Waals surface area contributed by atoms with Gasteiger partial charge in [-0.1, -0.05) is 20.8 Å². The molecule has 3 N–H and O–H groups in total. The SMILES string of the molecule is C[C@H](CCC(=O)NCCS(=O)(=O)O)[C@H]1CCC2C3CCC4C[C@H](O)CC[C@]4(C)C3CC[C@@]21C. The molecule has 7 heteroatoms. The van der Waals surface area contributed by atoms with Crippen molar-refractivity contribution in [3.63, 3.8) is 0 Å². The van der Waals surface area contributed by atoms with Crippen LogP contribution in [0.5, 0.6) is 0 Å². The van der Waals surface area contributed by atoms with E-state index in [1.54, 1.807) is 0 Å². The van der Waals surface area contributed by atoms with Crippen LogP contribution >= 0.6 is 0 Å². The summed E-state index contributed by atoms with van der Waals surface area (Å²) < 4.78 is 30.5. The number of rotatable bonds is 7. The molecule has 0 aliphatic heterocycles. The molecular formula is C26H45NO5S. The molecule has 4 aliphatic carbocycles. The Balaban J connectivity index is 1.35. The highest BCUT2D eigenvalue weighted by Gasteiger charge is 2.60. The molecule has 4 saturated carbocycles. The van der Waals surface area contributed by atoms with Gasteiger partial charge in [0.05, 0.1) is 11.9 Å². The van der Waals surface area contributed by atoms with E-state index in [2.05, 4.69) is 26.1 Å². The number of fused-ring (bicyclic) bond motifs is 5. The van der Waals surface area contributed by atoms with Crippen LogP contribution in [0.2, 0.25) is 0 Å². The molecule has 0 bridgehead atoms. The summed E-state index contributed by atoms with van der Waals surface area (Å²) in [5.41, 5.74) is 0.771. The summed E-state index contributed by atoms with van der Waals surface area (Å²) in [6.07, 6.45) is 12.1. The second kappa shape index (κ2) is 9.42. The molecule has 0 heterocycles. The fourth-order valence-electron chi connectivity index (χ4n) is 9.18. The number of carbonyl (C=O) groups excluding carboxylic acids is 1. The van der Waals surface area contributed by atoms with Crippen LogP contribution in [-0.4, -0.2) is 42.4 Å². The van der Waals surface area contributed by atoms with Crippen LogP contribution < -0.4 is 5.32 Å². The van der Waals surface area contributed by atoms with Gasteiger partial charge in [-0.05, 0) is 111 Å². The zero-order chi connectivity index (χ0) is 24.0. The van der Waals surface area contributed by atoms with Crippen molar-refractivity contribution in [1.82, 2.24) is 5.32 Å². The third-order valence-corrected chi connectivity index (χ3v) is 11.6. The van der Waals surface area contributed by atoms with E-state index in [0.717, 1.165) is 37.0 Å². The maximum Gasteiger partial charge on any atom is 0.266 e. The van der Waals surface area contributed by atoms with E-state index in [1.807, 2.05) is 0 Å². The minimum absolute atomic E-state index is 0.0326. The van der Waals surface area contributed by atoms with Crippen molar-refractivity contribution in [2.45, 2.75) is 97.5 Å². The summed E-state index contributed by atoms with van der Waals surface area (Å²) in [4.78, 5) is 12.2. The second-order valence-corrected chi connectivity index (χ2v) is 14.0. The Labute approximate surface area is 200 Å². The number of amides is 1. The Morgan fingerprint density at radius 3 is 2.45 bits per heavy atom. The first-order valence-corrected chi connectivity index (χ1v) is 14.9. The lowest BCUT2D eigenvalue weighted by molar-refractivity contribution is -0.129. The molecule has 33 heavy (non-hydrogen) atoms. The molecule has 0 saturated heterocycles. The summed E-state index contributed by atoms with van der Waals surface area (Å²) in [5, 5.41) is 12.9. The van der Waals surface area contributed by atoms with Gasteiger partial charge in [-0.15, -0.1) is 0 Å². The van der Waals surface area contributed by atoms with Gasteiger partial charge in [0.1, 0.15) is 0 Å². The molecule has 190 valence electrons. The molecular weight excluding hydrogens is 438 g/mol. The molecule has 4 unspecified atom stereocenters. The number of carbonyl (C=O) groups is 1. The molecule has 4 rings (SSSR count). The average molecular weight is 484 g/mol. The molecule has 0 aromatic rings. The fourth-order valence-corrected chi connectivity index (χ4v) is 9.54. The smallest absolute Gasteiger partial charge is 0.266 e. The van der Waals surface area contributed by atoms with Crippen LogP contribution in [0.15, 0.2) is 0 Å². The van der Waals surface area contributed by atoms with Gasteiger partial charge in [0, 0.05) is 13.0 Å². The number of aliphatic hydroxyl groups is 1. The first-order chi connectivity index (χ1) is 15.4. The van der Waals surface area contributed by atoms with Gasteiger partial charge in [0.25, 0.3) is 10.1 Å². The summed E-state index contributed by atoms with van der Waals surface area (Å²) >= 11 is 0. The zero-order valence-corrected chi connectivity index (χ0v) is 21.6. The van der Waals surface area contributed by atoms with Crippen LogP contribution in [0, 0.1) is 46.3 Å². The summed E-state index contributed by atoms with van der Waals surface area (Å²) in [7, 11) is -4.04. The topological polar surface area (TPSA) is 104 Å². The molecule has 1 amide bonds. The maximum atomic E-state index is 12.2. The van der Waals surface area contributed by atoms with Gasteiger partial charge in [0.2, 0.25) is 5.91 Å². The van der Waals surface area contributed by atoms with Crippen LogP contribution in [0.25, 0.3) is 0 Å². The Morgan fingerprint density at radius 2 is 1.73 bits per heavy atom. The Hall–Kier alpha value is -0.660. The largest absolute Gasteiger partial charge is 0.393 e. The highest BCUT2D eigenvalue weighted by Crippen LogP contribution is 2.68. The normalized spacial score (nSPS) is 43.8. The maximum absolute atomic E-state index is 12.2. The highest BCUT2D eigenvalue weighted by molar-refractivity contribution is 7.85. The minimum atomic E-state index is -4.04. The van der Waals surface area contributed by atoms with E-state index >= 15 is 0 Å². The molecule has 6 nitrogen and oxygen atoms in total. The van der Waals surface area contributed by atoms with Gasteiger partial charge in [0.15, 0.2) is 0 Å². The van der Waals surface area contributed by atoms with Crippen molar-refractivity contribution < 1.29 is 22.9 Å². The van der Waals surface area contributed by atoms with Crippen molar-refractivity contribution in [3.05, 3.63) is 0 Å². The molecule has 0 radical (unpaired) electrons. The lowest BCUT2D eigenvalue weighted by Gasteiger charge is -2.61. The van der Waals surface area contributed by atoms with Crippen molar-refractivity contribution in [3.8, 4) is 0 Å². The third-order valence-electron chi connectivity index (χ3n) is 10.9. The molecule has 0 aromatic carbocycles. The molecule has 0 aromatic heterocycles. The van der Waals surface area contributed by atoms with Gasteiger partial charge >= 0.3 is 0 Å². The van der Waals surface area contributed by atoms with Crippen molar-refractivity contribution in [1.29, 1.82) is 0 Å². The van der Waals surface area contributed by atoms with Crippen molar-refractivity contribution >= 4 is 16.0 Å². The number of aliphatic hydroxyl groups excluding tert-OH is 1. The molecule has 0 spiro atoms. The summed E-state index contributed by atoms with van der Waals surface area (Å²) in [6, 6.07) is 0. The fraction of sp³-hybridized carbons (Fsp3) is 0.962. The predicted molar refractivity (Wildman–Crippen MR) is 129 cm³/mol. The average Bonchev–Trinajstić information content (AvgIpc) is 3.09. The molecule has 9 atom stereocenters. The van der Waals surface area contributed by atoms with Gasteiger partial charge < -0.3 is 10.4 Å². The Kier molecular flexibility index (Phi) is 7.26. The van der Waals surface area contributed by atoms with Gasteiger partial charge in [-0.2, -0.15) is 8.42 Å². The van der Waals surface area contributed by atoms with E-state index in [-0.39, 0.29) is 18.6 Å². The highest BCUT2D eigenvalue weighted by atomic mass is 32.2. The van der Waals surface area contributed by atoms with E-state index in [9.17, 15) is 18.3 Å². The Morgan fingerprint density at radius 1 is 1.03 bits per heavy atom. The van der Waals surface area contributed by atoms with E-state index in [1.165, 1.54) is 44.9 Å². The second-order valence-electron chi connectivity index (χ2n) is 12.5. The van der Waals surface area contributed by atoms with Gasteiger partial charge in [-0.3, -0.25) is 9.35 Å². The lowest BCUT2D eigenvalue weighted by Crippen LogP contribution is -2.54. The molecule has 4 fully saturated rings. The van der Waals surface area contributed by atoms with Crippen molar-refractivity contribution in [2.75, 3.05) is 12.3 Å². The number of hydrogen-bond acceptors (Lipinski definition) is 4. The minimum Gasteiger partial charge on any atom is -0.393 e. The number of nitrogens with one attached hydrogen (secondary N) is 1. The Bertz CT molecular complexity index is 831. The quantitative estimate of drug-likeness (QED) is 0.465. The van der Waals surface area contributed by atoms with Crippen LogP contribution in [0.4, 0.5) is 0 Å². The van der Waals surface area contributed by atoms with Gasteiger partial charge in [-0.25, -0.2) is 0 Å². The summed E-state index contributed by atoms with van der Waals surface area (Å²) in [6.45, 7) is 7.34. The van der Waals surface area contributed by atoms with E-state index < -0.39 is 15.9 Å². The number of hydrogen-bond donors (Lipinski definition) is 3. The lowest BCUT2D eigenvalue weighted by atomic mass is 9.44. The first-order valence-electron chi connectivity index (χ1n) is 13.3. The van der Waals surface area contributed by atoms with E-state index in [4.69, 9.17) is 4.55 Å². The summed E-state index contributed by atoms with van der Waals surface area (Å²) in [5.74, 6) is 3.68. The van der Waals surface area contributed by atoms with Crippen molar-refractivity contribution in [2.24, 2.45) is 46.3 Å². The van der Waals surface area contributed by atoms with Crippen LogP contribution in [0.3, 0.4) is 0 Å². The standard InChI is InChI=1S/C26H45NO5S/c1-17(4-9-24(29)27-14-15-33(30,31)32)21-7-8-22-20-6-5-18-16-19(28)10-12-25(18,2)23(20)11-13-26(21,22)3/h17-23,28H,4-16H2,1-3H3,(H,27,29)(H,30,31,32)/t17-,18?,19-,20?,21-,22?,23?,25+,26-/m1/s1. The first kappa shape index (κ1) is 25.4. The third kappa shape index (κ3) is 5.02. The van der Waals surface area contributed by atoms with Crippen LogP contribution in [-0.2, 0) is 14.9 Å². The van der Waals surface area contributed by atoms with E-state index in [0.29, 0.717) is 35.0 Å². The molecule has 4 aliphatic rings.